The molecule has 1 heterocycles. The van der Waals surface area contributed by atoms with E-state index < -0.39 is 0 Å². The first-order valence-corrected chi connectivity index (χ1v) is 8.80. The zero-order valence-electron chi connectivity index (χ0n) is 15.0. The van der Waals surface area contributed by atoms with E-state index in [1.165, 1.54) is 0 Å². The van der Waals surface area contributed by atoms with Crippen molar-refractivity contribution in [2.24, 2.45) is 0 Å². The minimum absolute atomic E-state index is 0.162. The lowest BCUT2D eigenvalue weighted by Crippen LogP contribution is -2.15. The Morgan fingerprint density at radius 3 is 2.19 bits per heavy atom. The Morgan fingerprint density at radius 2 is 1.48 bits per heavy atom. The van der Waals surface area contributed by atoms with Gasteiger partial charge in [-0.25, -0.2) is 4.68 Å². The molecule has 0 unspecified atom stereocenters. The van der Waals surface area contributed by atoms with Gasteiger partial charge in [-0.3, -0.25) is 4.79 Å². The number of anilines is 1. The molecule has 0 aliphatic rings. The van der Waals surface area contributed by atoms with Gasteiger partial charge in [-0.2, -0.15) is 5.10 Å². The van der Waals surface area contributed by atoms with E-state index in [1.807, 2.05) is 85.8 Å². The Bertz CT molecular complexity index is 1070. The molecule has 0 atom stereocenters. The monoisotopic (exact) mass is 353 g/mol. The van der Waals surface area contributed by atoms with Crippen molar-refractivity contribution in [3.8, 4) is 16.9 Å². The van der Waals surface area contributed by atoms with Crippen LogP contribution in [0.5, 0.6) is 0 Å². The normalized spacial score (nSPS) is 10.6. The quantitative estimate of drug-likeness (QED) is 0.555. The molecule has 0 aliphatic carbocycles. The fraction of sp³-hybridized carbons (Fsp3) is 0.0435. The lowest BCUT2D eigenvalue weighted by Gasteiger charge is -2.11. The van der Waals surface area contributed by atoms with Gasteiger partial charge < -0.3 is 5.32 Å². The number of rotatable bonds is 4. The third-order valence-electron chi connectivity index (χ3n) is 4.40. The highest BCUT2D eigenvalue weighted by Crippen LogP contribution is 2.26. The Labute approximate surface area is 158 Å². The van der Waals surface area contributed by atoms with Crippen LogP contribution in [0.25, 0.3) is 16.9 Å². The second-order valence-corrected chi connectivity index (χ2v) is 6.30. The summed E-state index contributed by atoms with van der Waals surface area (Å²) in [7, 11) is 0. The summed E-state index contributed by atoms with van der Waals surface area (Å²) in [6.45, 7) is 2.03. The highest BCUT2D eigenvalue weighted by molar-refractivity contribution is 6.04. The van der Waals surface area contributed by atoms with E-state index in [2.05, 4.69) is 5.32 Å². The number of carbonyl (C=O) groups is 1. The molecular weight excluding hydrogens is 334 g/mol. The number of hydrogen-bond acceptors (Lipinski definition) is 2. The number of benzene rings is 3. The van der Waals surface area contributed by atoms with Crippen LogP contribution in [0, 0.1) is 6.92 Å². The molecule has 0 bridgehead atoms. The molecular formula is C23H19N3O. The zero-order valence-corrected chi connectivity index (χ0v) is 15.0. The summed E-state index contributed by atoms with van der Waals surface area (Å²) in [5.41, 5.74) is 4.43. The van der Waals surface area contributed by atoms with Crippen molar-refractivity contribution in [3.63, 3.8) is 0 Å². The summed E-state index contributed by atoms with van der Waals surface area (Å²) in [5, 5.41) is 7.76. The van der Waals surface area contributed by atoms with Gasteiger partial charge in [0.15, 0.2) is 0 Å². The molecule has 4 heteroatoms. The summed E-state index contributed by atoms with van der Waals surface area (Å²) < 4.78 is 1.79. The molecule has 4 aromatic rings. The largest absolute Gasteiger partial charge is 0.306 e. The van der Waals surface area contributed by atoms with E-state index in [4.69, 9.17) is 5.10 Å². The number of amides is 1. The van der Waals surface area contributed by atoms with Gasteiger partial charge in [-0.15, -0.1) is 0 Å². The van der Waals surface area contributed by atoms with Crippen LogP contribution in [0.15, 0.2) is 91.0 Å². The van der Waals surface area contributed by atoms with Crippen LogP contribution in [0.1, 0.15) is 15.9 Å². The van der Waals surface area contributed by atoms with Gasteiger partial charge in [0.25, 0.3) is 5.91 Å². The molecule has 132 valence electrons. The van der Waals surface area contributed by atoms with E-state index >= 15 is 0 Å². The van der Waals surface area contributed by atoms with Crippen molar-refractivity contribution in [2.75, 3.05) is 5.32 Å². The predicted molar refractivity (Wildman–Crippen MR) is 108 cm³/mol. The van der Waals surface area contributed by atoms with E-state index in [-0.39, 0.29) is 5.91 Å². The van der Waals surface area contributed by atoms with E-state index in [0.717, 1.165) is 22.5 Å². The molecule has 0 saturated heterocycles. The van der Waals surface area contributed by atoms with Gasteiger partial charge in [0.05, 0.1) is 11.4 Å². The molecule has 4 nitrogen and oxygen atoms in total. The summed E-state index contributed by atoms with van der Waals surface area (Å²) >= 11 is 0. The number of nitrogens with one attached hydrogen (secondary N) is 1. The van der Waals surface area contributed by atoms with Gasteiger partial charge >= 0.3 is 0 Å². The van der Waals surface area contributed by atoms with Gasteiger partial charge in [0.2, 0.25) is 0 Å². The number of carbonyl (C=O) groups excluding carboxylic acids is 1. The molecule has 1 amide bonds. The van der Waals surface area contributed by atoms with Crippen molar-refractivity contribution in [2.45, 2.75) is 6.92 Å². The van der Waals surface area contributed by atoms with Crippen LogP contribution in [0.4, 0.5) is 5.82 Å². The summed E-state index contributed by atoms with van der Waals surface area (Å²) in [5.74, 6) is 0.474. The number of nitrogens with zero attached hydrogens (tertiary/aromatic N) is 2. The molecule has 0 aliphatic heterocycles. The van der Waals surface area contributed by atoms with Gasteiger partial charge in [-0.05, 0) is 30.7 Å². The minimum atomic E-state index is -0.162. The lowest BCUT2D eigenvalue weighted by molar-refractivity contribution is 0.102. The second-order valence-electron chi connectivity index (χ2n) is 6.30. The number of para-hydroxylation sites is 1. The third-order valence-corrected chi connectivity index (χ3v) is 4.40. The first-order chi connectivity index (χ1) is 13.2. The van der Waals surface area contributed by atoms with Crippen LogP contribution in [-0.4, -0.2) is 15.7 Å². The molecule has 0 fully saturated rings. The Morgan fingerprint density at radius 1 is 0.852 bits per heavy atom. The Balaban J connectivity index is 1.78. The molecule has 1 aromatic heterocycles. The molecule has 27 heavy (non-hydrogen) atoms. The zero-order chi connectivity index (χ0) is 18.6. The average Bonchev–Trinajstić information content (AvgIpc) is 3.13. The smallest absolute Gasteiger partial charge is 0.256 e. The summed E-state index contributed by atoms with van der Waals surface area (Å²) in [6, 6.07) is 29.0. The van der Waals surface area contributed by atoms with Gasteiger partial charge in [0, 0.05) is 17.2 Å². The minimum Gasteiger partial charge on any atom is -0.306 e. The molecule has 0 spiro atoms. The molecule has 3 aromatic carbocycles. The average molecular weight is 353 g/mol. The molecule has 0 saturated carbocycles. The first kappa shape index (κ1) is 16.8. The second kappa shape index (κ2) is 7.30. The molecule has 0 radical (unpaired) electrons. The number of aromatic nitrogens is 2. The predicted octanol–water partition coefficient (Wildman–Crippen LogP) is 5.10. The Hall–Kier alpha value is -3.66. The van der Waals surface area contributed by atoms with Crippen LogP contribution in [0.3, 0.4) is 0 Å². The van der Waals surface area contributed by atoms with Crippen molar-refractivity contribution in [3.05, 3.63) is 102 Å². The maximum Gasteiger partial charge on any atom is 0.256 e. The van der Waals surface area contributed by atoms with E-state index in [9.17, 15) is 4.79 Å². The van der Waals surface area contributed by atoms with Gasteiger partial charge in [-0.1, -0.05) is 66.7 Å². The lowest BCUT2D eigenvalue weighted by atomic mass is 10.1. The summed E-state index contributed by atoms with van der Waals surface area (Å²) in [4.78, 5) is 12.7. The summed E-state index contributed by atoms with van der Waals surface area (Å²) in [6.07, 6.45) is 0. The fourth-order valence-electron chi connectivity index (χ4n) is 2.98. The van der Waals surface area contributed by atoms with Crippen LogP contribution >= 0.6 is 0 Å². The topological polar surface area (TPSA) is 46.9 Å². The van der Waals surface area contributed by atoms with E-state index in [1.54, 1.807) is 16.8 Å². The SMILES string of the molecule is Cc1ccccc1-n1nc(-c2ccccc2)cc1NC(=O)c1ccccc1. The van der Waals surface area contributed by atoms with E-state index in [0.29, 0.717) is 11.4 Å². The van der Waals surface area contributed by atoms with Crippen LogP contribution < -0.4 is 5.32 Å². The standard InChI is InChI=1S/C23H19N3O/c1-17-10-8-9-15-21(17)26-22(24-23(27)19-13-6-3-7-14-19)16-20(25-26)18-11-4-2-5-12-18/h2-16H,1H3,(H,24,27). The maximum atomic E-state index is 12.7. The number of hydrogen-bond donors (Lipinski definition) is 1. The molecule has 4 rings (SSSR count). The Kier molecular flexibility index (Phi) is 4.54. The van der Waals surface area contributed by atoms with Crippen molar-refractivity contribution >= 4 is 11.7 Å². The van der Waals surface area contributed by atoms with Crippen molar-refractivity contribution in [1.82, 2.24) is 9.78 Å². The first-order valence-electron chi connectivity index (χ1n) is 8.80. The molecule has 1 N–H and O–H groups in total. The highest BCUT2D eigenvalue weighted by atomic mass is 16.1. The van der Waals surface area contributed by atoms with Gasteiger partial charge in [0.1, 0.15) is 5.82 Å². The fourth-order valence-corrected chi connectivity index (χ4v) is 2.98. The highest BCUT2D eigenvalue weighted by Gasteiger charge is 2.15. The van der Waals surface area contributed by atoms with Crippen LogP contribution in [0.2, 0.25) is 0 Å². The number of aryl methyl sites for hydroxylation is 1. The third kappa shape index (κ3) is 3.51. The van der Waals surface area contributed by atoms with Crippen molar-refractivity contribution in [1.29, 1.82) is 0 Å². The van der Waals surface area contributed by atoms with Crippen molar-refractivity contribution < 1.29 is 4.79 Å². The van der Waals surface area contributed by atoms with Crippen LogP contribution in [-0.2, 0) is 0 Å². The maximum absolute atomic E-state index is 12.7.